The molecule has 0 radical (unpaired) electrons. The molecule has 0 amide bonds. The van der Waals surface area contributed by atoms with Gasteiger partial charge < -0.3 is 4.90 Å². The third-order valence-corrected chi connectivity index (χ3v) is 5.07. The monoisotopic (exact) mass is 404 g/mol. The average Bonchev–Trinajstić information content (AvgIpc) is 3.11. The van der Waals surface area contributed by atoms with Crippen LogP contribution >= 0.6 is 11.6 Å². The van der Waals surface area contributed by atoms with Crippen LogP contribution in [0.3, 0.4) is 0 Å². The Labute approximate surface area is 160 Å². The van der Waals surface area contributed by atoms with Gasteiger partial charge >= 0.3 is 6.18 Å². The van der Waals surface area contributed by atoms with Gasteiger partial charge in [-0.2, -0.15) is 18.3 Å². The van der Waals surface area contributed by atoms with Crippen LogP contribution in [-0.2, 0) is 12.7 Å². The smallest absolute Gasteiger partial charge is 0.349 e. The van der Waals surface area contributed by atoms with Crippen molar-refractivity contribution in [3.8, 4) is 0 Å². The topological polar surface area (TPSA) is 34.0 Å². The van der Waals surface area contributed by atoms with Crippen LogP contribution in [0.1, 0.15) is 49.6 Å². The van der Waals surface area contributed by atoms with Crippen molar-refractivity contribution in [1.82, 2.24) is 14.8 Å². The fraction of sp³-hybridized carbons (Fsp3) is 0.556. The van der Waals surface area contributed by atoms with E-state index in [0.29, 0.717) is 36.8 Å². The summed E-state index contributed by atoms with van der Waals surface area (Å²) in [6, 6.07) is 0.535. The van der Waals surface area contributed by atoms with Crippen molar-refractivity contribution >= 4 is 17.4 Å². The molecular weight excluding hydrogens is 384 g/mol. The summed E-state index contributed by atoms with van der Waals surface area (Å²) in [5.41, 5.74) is 0.238. The Bertz CT molecular complexity index is 831. The predicted molar refractivity (Wildman–Crippen MR) is 95.3 cm³/mol. The third-order valence-electron chi connectivity index (χ3n) is 4.67. The maximum absolute atomic E-state index is 13.6. The van der Waals surface area contributed by atoms with E-state index in [-0.39, 0.29) is 11.9 Å². The second-order valence-electron chi connectivity index (χ2n) is 7.24. The number of hydrogen-bond acceptors (Lipinski definition) is 3. The van der Waals surface area contributed by atoms with Gasteiger partial charge in [-0.15, -0.1) is 0 Å². The van der Waals surface area contributed by atoms with Gasteiger partial charge in [0, 0.05) is 18.7 Å². The number of aryl methyl sites for hydroxylation is 1. The van der Waals surface area contributed by atoms with Crippen molar-refractivity contribution < 1.29 is 17.6 Å². The lowest BCUT2D eigenvalue weighted by atomic mass is 10.1. The zero-order valence-electron chi connectivity index (χ0n) is 15.3. The molecule has 9 heteroatoms. The van der Waals surface area contributed by atoms with Crippen LogP contribution < -0.4 is 4.90 Å². The Morgan fingerprint density at radius 2 is 2.04 bits per heavy atom. The first-order chi connectivity index (χ1) is 12.6. The maximum Gasteiger partial charge on any atom is 0.419 e. The summed E-state index contributed by atoms with van der Waals surface area (Å²) in [4.78, 5) is 5.66. The Morgan fingerprint density at radius 1 is 1.33 bits per heavy atom. The van der Waals surface area contributed by atoms with E-state index in [1.807, 2.05) is 6.92 Å². The molecule has 1 unspecified atom stereocenters. The molecule has 27 heavy (non-hydrogen) atoms. The molecule has 4 nitrogen and oxygen atoms in total. The van der Waals surface area contributed by atoms with E-state index >= 15 is 0 Å². The highest BCUT2D eigenvalue weighted by Gasteiger charge is 2.37. The van der Waals surface area contributed by atoms with E-state index in [9.17, 15) is 17.6 Å². The predicted octanol–water partition coefficient (Wildman–Crippen LogP) is 5.40. The van der Waals surface area contributed by atoms with Gasteiger partial charge in [0.05, 0.1) is 23.5 Å². The highest BCUT2D eigenvalue weighted by atomic mass is 35.5. The second-order valence-corrected chi connectivity index (χ2v) is 7.60. The molecule has 148 valence electrons. The Balaban J connectivity index is 1.99. The van der Waals surface area contributed by atoms with E-state index in [1.165, 1.54) is 0 Å². The van der Waals surface area contributed by atoms with Gasteiger partial charge in [-0.1, -0.05) is 25.4 Å². The van der Waals surface area contributed by atoms with Crippen molar-refractivity contribution in [2.24, 2.45) is 5.92 Å². The molecule has 1 aliphatic rings. The molecule has 3 heterocycles. The molecule has 3 rings (SSSR count). The van der Waals surface area contributed by atoms with Crippen LogP contribution in [-0.4, -0.2) is 21.3 Å². The van der Waals surface area contributed by atoms with Gasteiger partial charge in [0.2, 0.25) is 0 Å². The summed E-state index contributed by atoms with van der Waals surface area (Å²) < 4.78 is 54.5. The first-order valence-electron chi connectivity index (χ1n) is 8.81. The number of aromatic nitrogens is 3. The zero-order chi connectivity index (χ0) is 19.9. The molecule has 0 spiro atoms. The minimum Gasteiger partial charge on any atom is -0.349 e. The average molecular weight is 405 g/mol. The van der Waals surface area contributed by atoms with E-state index in [2.05, 4.69) is 23.9 Å². The highest BCUT2D eigenvalue weighted by Crippen LogP contribution is 2.41. The van der Waals surface area contributed by atoms with Gasteiger partial charge in [0.1, 0.15) is 11.0 Å². The van der Waals surface area contributed by atoms with Crippen molar-refractivity contribution in [3.05, 3.63) is 40.1 Å². The van der Waals surface area contributed by atoms with Gasteiger partial charge in [-0.3, -0.25) is 4.68 Å². The van der Waals surface area contributed by atoms with Gasteiger partial charge in [0.25, 0.3) is 0 Å². The van der Waals surface area contributed by atoms with Crippen LogP contribution in [0.15, 0.2) is 12.3 Å². The molecule has 2 aromatic rings. The standard InChI is InChI=1S/C18H21ClF4N4/c1-10(2)9-27-17(19)16(11(3)25-27)14-5-4-6-26(14)15-7-12(18(21,22)23)13(20)8-24-15/h7-8,10,14H,4-6,9H2,1-3H3. The van der Waals surface area contributed by atoms with Gasteiger partial charge in [-0.05, 0) is 31.7 Å². The largest absolute Gasteiger partial charge is 0.419 e. The fourth-order valence-corrected chi connectivity index (χ4v) is 3.93. The zero-order valence-corrected chi connectivity index (χ0v) is 16.1. The summed E-state index contributed by atoms with van der Waals surface area (Å²) >= 11 is 6.55. The van der Waals surface area contributed by atoms with Crippen LogP contribution in [0.4, 0.5) is 23.4 Å². The number of alkyl halides is 3. The molecular formula is C18H21ClF4N4. The quantitative estimate of drug-likeness (QED) is 0.640. The molecule has 0 bridgehead atoms. The lowest BCUT2D eigenvalue weighted by Crippen LogP contribution is -2.25. The summed E-state index contributed by atoms with van der Waals surface area (Å²) in [6.45, 7) is 7.12. The minimum absolute atomic E-state index is 0.0956. The molecule has 0 N–H and O–H groups in total. The van der Waals surface area contributed by atoms with Crippen LogP contribution in [0.2, 0.25) is 5.15 Å². The number of halogens is 5. The number of anilines is 1. The lowest BCUT2D eigenvalue weighted by molar-refractivity contribution is -0.140. The molecule has 0 aromatic carbocycles. The van der Waals surface area contributed by atoms with E-state index in [0.717, 1.165) is 23.7 Å². The summed E-state index contributed by atoms with van der Waals surface area (Å²) in [7, 11) is 0. The molecule has 1 saturated heterocycles. The number of nitrogens with zero attached hydrogens (tertiary/aromatic N) is 4. The summed E-state index contributed by atoms with van der Waals surface area (Å²) in [5, 5.41) is 4.99. The SMILES string of the molecule is Cc1nn(CC(C)C)c(Cl)c1C1CCCN1c1cc(C(F)(F)F)c(F)cn1. The Kier molecular flexibility index (Phi) is 5.38. The third kappa shape index (κ3) is 3.90. The lowest BCUT2D eigenvalue weighted by Gasteiger charge is -2.26. The van der Waals surface area contributed by atoms with E-state index < -0.39 is 17.6 Å². The number of pyridine rings is 1. The van der Waals surface area contributed by atoms with Crippen molar-refractivity contribution in [3.63, 3.8) is 0 Å². The van der Waals surface area contributed by atoms with Crippen molar-refractivity contribution in [1.29, 1.82) is 0 Å². The van der Waals surface area contributed by atoms with E-state index in [4.69, 9.17) is 11.6 Å². The van der Waals surface area contributed by atoms with Gasteiger partial charge in [0.15, 0.2) is 5.82 Å². The maximum atomic E-state index is 13.6. The molecule has 1 atom stereocenters. The van der Waals surface area contributed by atoms with Gasteiger partial charge in [-0.25, -0.2) is 9.37 Å². The second kappa shape index (κ2) is 7.30. The molecule has 0 aliphatic carbocycles. The number of hydrogen-bond donors (Lipinski definition) is 0. The van der Waals surface area contributed by atoms with Crippen molar-refractivity contribution in [2.45, 2.75) is 52.4 Å². The number of rotatable bonds is 4. The summed E-state index contributed by atoms with van der Waals surface area (Å²) in [5.74, 6) is -0.929. The molecule has 1 fully saturated rings. The normalized spacial score (nSPS) is 18.0. The van der Waals surface area contributed by atoms with Crippen LogP contribution in [0, 0.1) is 18.7 Å². The fourth-order valence-electron chi connectivity index (χ4n) is 3.56. The minimum atomic E-state index is -4.77. The first kappa shape index (κ1) is 19.9. The molecule has 2 aromatic heterocycles. The van der Waals surface area contributed by atoms with Crippen LogP contribution in [0.25, 0.3) is 0 Å². The van der Waals surface area contributed by atoms with Crippen molar-refractivity contribution in [2.75, 3.05) is 11.4 Å². The summed E-state index contributed by atoms with van der Waals surface area (Å²) in [6.07, 6.45) is -2.65. The molecule has 0 saturated carbocycles. The Morgan fingerprint density at radius 3 is 2.67 bits per heavy atom. The van der Waals surface area contributed by atoms with Crippen LogP contribution in [0.5, 0.6) is 0 Å². The van der Waals surface area contributed by atoms with E-state index in [1.54, 1.807) is 9.58 Å². The highest BCUT2D eigenvalue weighted by molar-refractivity contribution is 6.30. The Hall–Kier alpha value is -1.83. The first-order valence-corrected chi connectivity index (χ1v) is 9.19. The molecule has 1 aliphatic heterocycles.